The second-order valence-electron chi connectivity index (χ2n) is 10.2. The highest BCUT2D eigenvalue weighted by Gasteiger charge is 2.25. The normalized spacial score (nSPS) is 15.4. The minimum atomic E-state index is -0.545. The Bertz CT molecular complexity index is 1260. The first-order valence-electron chi connectivity index (χ1n) is 13.1. The van der Waals surface area contributed by atoms with Gasteiger partial charge in [-0.3, -0.25) is 25.0 Å². The molecule has 0 unspecified atom stereocenters. The monoisotopic (exact) mass is 572 g/mol. The zero-order valence-corrected chi connectivity index (χ0v) is 23.7. The van der Waals surface area contributed by atoms with Gasteiger partial charge in [-0.2, -0.15) is 0 Å². The van der Waals surface area contributed by atoms with Crippen LogP contribution in [-0.2, 0) is 4.79 Å². The summed E-state index contributed by atoms with van der Waals surface area (Å²) in [5.41, 5.74) is 2.02. The van der Waals surface area contributed by atoms with Gasteiger partial charge in [0.15, 0.2) is 5.11 Å². The number of carbonyl (C=O) groups is 2. The number of rotatable bonds is 7. The third-order valence-corrected chi connectivity index (χ3v) is 7.38. The summed E-state index contributed by atoms with van der Waals surface area (Å²) in [5.74, 6) is -0.0288. The fraction of sp³-hybridized carbons (Fsp3) is 0.444. The van der Waals surface area contributed by atoms with Gasteiger partial charge in [0.25, 0.3) is 11.6 Å². The molecule has 2 aliphatic heterocycles. The van der Waals surface area contributed by atoms with Crippen LogP contribution in [0.1, 0.15) is 43.5 Å². The van der Waals surface area contributed by atoms with Gasteiger partial charge in [0.05, 0.1) is 15.6 Å². The fourth-order valence-electron chi connectivity index (χ4n) is 4.89. The number of amides is 2. The molecule has 2 amide bonds. The number of carbonyl (C=O) groups excluding carboxylic acids is 2. The largest absolute Gasteiger partial charge is 0.367 e. The van der Waals surface area contributed by atoms with Gasteiger partial charge in [0.1, 0.15) is 5.69 Å². The van der Waals surface area contributed by atoms with Crippen molar-refractivity contribution < 1.29 is 14.5 Å². The number of thiocarbonyl (C=S) groups is 1. The van der Waals surface area contributed by atoms with Crippen LogP contribution in [0, 0.1) is 16.0 Å². The minimum Gasteiger partial charge on any atom is -0.367 e. The lowest BCUT2D eigenvalue weighted by molar-refractivity contribution is -0.384. The van der Waals surface area contributed by atoms with E-state index < -0.39 is 10.8 Å². The van der Waals surface area contributed by atoms with Gasteiger partial charge in [-0.1, -0.05) is 25.4 Å². The summed E-state index contributed by atoms with van der Waals surface area (Å²) in [5, 5.41) is 17.7. The van der Waals surface area contributed by atoms with Crippen LogP contribution in [0.4, 0.5) is 22.7 Å². The maximum Gasteiger partial charge on any atom is 0.293 e. The highest BCUT2D eigenvalue weighted by molar-refractivity contribution is 7.80. The van der Waals surface area contributed by atoms with E-state index in [2.05, 4.69) is 15.5 Å². The first kappa shape index (κ1) is 28.6. The Hall–Kier alpha value is -3.44. The van der Waals surface area contributed by atoms with Crippen LogP contribution >= 0.6 is 23.8 Å². The van der Waals surface area contributed by atoms with Crippen molar-refractivity contribution >= 4 is 63.5 Å². The second kappa shape index (κ2) is 12.6. The highest BCUT2D eigenvalue weighted by Crippen LogP contribution is 2.32. The molecule has 2 heterocycles. The highest BCUT2D eigenvalue weighted by atomic mass is 35.5. The van der Waals surface area contributed by atoms with E-state index in [1.807, 2.05) is 35.8 Å². The zero-order chi connectivity index (χ0) is 28.1. The Kier molecular flexibility index (Phi) is 9.24. The number of benzene rings is 2. The molecular formula is C27H33ClN6O4S. The molecule has 0 aliphatic carbocycles. The number of halogens is 1. The SMILES string of the molecule is CC(C)CC(=O)N1CCN(c2ccc(NC(=S)NC(=O)c3ccc(N4CCCC4)c([N+](=O)[O-])c3)cc2Cl)CC1. The van der Waals surface area contributed by atoms with Crippen LogP contribution in [0.15, 0.2) is 36.4 Å². The molecule has 2 aromatic rings. The molecule has 39 heavy (non-hydrogen) atoms. The Balaban J connectivity index is 1.34. The molecule has 0 atom stereocenters. The summed E-state index contributed by atoms with van der Waals surface area (Å²) in [4.78, 5) is 42.3. The molecule has 0 spiro atoms. The molecule has 2 aliphatic rings. The average Bonchev–Trinajstić information content (AvgIpc) is 3.43. The predicted molar refractivity (Wildman–Crippen MR) is 158 cm³/mol. The quantitative estimate of drug-likeness (QED) is 0.280. The summed E-state index contributed by atoms with van der Waals surface area (Å²) in [7, 11) is 0. The number of nitrogens with one attached hydrogen (secondary N) is 2. The fourth-order valence-corrected chi connectivity index (χ4v) is 5.40. The van der Waals surface area contributed by atoms with Gasteiger partial charge in [-0.25, -0.2) is 0 Å². The van der Waals surface area contributed by atoms with E-state index in [-0.39, 0.29) is 22.3 Å². The topological polar surface area (TPSA) is 111 Å². The van der Waals surface area contributed by atoms with Crippen molar-refractivity contribution in [2.75, 3.05) is 54.4 Å². The lowest BCUT2D eigenvalue weighted by Crippen LogP contribution is -2.49. The van der Waals surface area contributed by atoms with E-state index in [1.165, 1.54) is 6.07 Å². The van der Waals surface area contributed by atoms with Crippen LogP contribution in [0.5, 0.6) is 0 Å². The van der Waals surface area contributed by atoms with E-state index in [0.29, 0.717) is 54.9 Å². The third kappa shape index (κ3) is 7.15. The number of nitro benzene ring substituents is 1. The Morgan fingerprint density at radius 1 is 1.00 bits per heavy atom. The number of nitro groups is 1. The van der Waals surface area contributed by atoms with Gasteiger partial charge >= 0.3 is 0 Å². The minimum absolute atomic E-state index is 0.0485. The summed E-state index contributed by atoms with van der Waals surface area (Å²) in [6, 6.07) is 9.88. The molecule has 2 saturated heterocycles. The molecule has 0 saturated carbocycles. The first-order chi connectivity index (χ1) is 18.6. The average molecular weight is 573 g/mol. The van der Waals surface area contributed by atoms with E-state index in [9.17, 15) is 19.7 Å². The smallest absolute Gasteiger partial charge is 0.293 e. The van der Waals surface area contributed by atoms with Crippen molar-refractivity contribution in [1.29, 1.82) is 0 Å². The maximum atomic E-state index is 12.8. The summed E-state index contributed by atoms with van der Waals surface area (Å²) in [6.07, 6.45) is 2.53. The molecule has 2 fully saturated rings. The molecule has 4 rings (SSSR count). The first-order valence-corrected chi connectivity index (χ1v) is 13.9. The molecule has 2 N–H and O–H groups in total. The van der Waals surface area contributed by atoms with Crippen molar-refractivity contribution in [3.05, 3.63) is 57.1 Å². The van der Waals surface area contributed by atoms with Crippen LogP contribution in [0.2, 0.25) is 5.02 Å². The van der Waals surface area contributed by atoms with E-state index in [0.717, 1.165) is 31.6 Å². The van der Waals surface area contributed by atoms with Gasteiger partial charge in [0.2, 0.25) is 5.91 Å². The van der Waals surface area contributed by atoms with Gasteiger partial charge in [-0.05, 0) is 61.3 Å². The van der Waals surface area contributed by atoms with Crippen molar-refractivity contribution in [1.82, 2.24) is 10.2 Å². The second-order valence-corrected chi connectivity index (χ2v) is 11.0. The van der Waals surface area contributed by atoms with E-state index in [4.69, 9.17) is 23.8 Å². The molecule has 0 aromatic heterocycles. The van der Waals surface area contributed by atoms with Crippen molar-refractivity contribution in [2.24, 2.45) is 5.92 Å². The molecule has 12 heteroatoms. The molecule has 208 valence electrons. The number of piperazine rings is 1. The summed E-state index contributed by atoms with van der Waals surface area (Å²) in [6.45, 7) is 8.27. The molecule has 10 nitrogen and oxygen atoms in total. The van der Waals surface area contributed by atoms with Gasteiger partial charge in [0, 0.05) is 63.0 Å². The van der Waals surface area contributed by atoms with E-state index in [1.54, 1.807) is 18.2 Å². The zero-order valence-electron chi connectivity index (χ0n) is 22.1. The summed E-state index contributed by atoms with van der Waals surface area (Å²) >= 11 is 11.9. The third-order valence-electron chi connectivity index (χ3n) is 6.87. The lowest BCUT2D eigenvalue weighted by Gasteiger charge is -2.37. The van der Waals surface area contributed by atoms with Crippen molar-refractivity contribution in [2.45, 2.75) is 33.1 Å². The lowest BCUT2D eigenvalue weighted by atomic mass is 10.1. The predicted octanol–water partition coefficient (Wildman–Crippen LogP) is 4.67. The van der Waals surface area contributed by atoms with Crippen LogP contribution in [0.25, 0.3) is 0 Å². The molecular weight excluding hydrogens is 540 g/mol. The molecule has 0 radical (unpaired) electrons. The van der Waals surface area contributed by atoms with Crippen molar-refractivity contribution in [3.8, 4) is 0 Å². The standard InChI is InChI=1S/C27H33ClN6O4S/c1-18(2)15-25(35)33-13-11-32(12-14-33)22-8-6-20(17-21(22)28)29-27(39)30-26(36)19-5-7-23(24(16-19)34(37)38)31-9-3-4-10-31/h5-8,16-18H,3-4,9-15H2,1-2H3,(H2,29,30,36,39). The van der Waals surface area contributed by atoms with Crippen LogP contribution in [-0.4, -0.2) is 66.0 Å². The van der Waals surface area contributed by atoms with Crippen molar-refractivity contribution in [3.63, 3.8) is 0 Å². The number of anilines is 3. The summed E-state index contributed by atoms with van der Waals surface area (Å²) < 4.78 is 0. The number of hydrogen-bond donors (Lipinski definition) is 2. The maximum absolute atomic E-state index is 12.8. The van der Waals surface area contributed by atoms with E-state index >= 15 is 0 Å². The van der Waals surface area contributed by atoms with Gasteiger partial charge < -0.3 is 20.0 Å². The number of hydrogen-bond acceptors (Lipinski definition) is 7. The number of nitrogens with zero attached hydrogens (tertiary/aromatic N) is 4. The molecule has 0 bridgehead atoms. The van der Waals surface area contributed by atoms with Gasteiger partial charge in [-0.15, -0.1) is 0 Å². The molecule has 2 aromatic carbocycles. The van der Waals surface area contributed by atoms with Crippen LogP contribution < -0.4 is 20.4 Å². The Morgan fingerprint density at radius 2 is 1.64 bits per heavy atom. The van der Waals surface area contributed by atoms with Crippen LogP contribution in [0.3, 0.4) is 0 Å². The Morgan fingerprint density at radius 3 is 2.26 bits per heavy atom. The Labute approximate surface area is 238 Å².